The highest BCUT2D eigenvalue weighted by atomic mass is 16.4. The van der Waals surface area contributed by atoms with Gasteiger partial charge in [-0.25, -0.2) is 0 Å². The molecule has 0 fully saturated rings. The molecule has 4 nitrogen and oxygen atoms in total. The van der Waals surface area contributed by atoms with E-state index in [1.165, 1.54) is 0 Å². The minimum atomic E-state index is -0.985. The predicted molar refractivity (Wildman–Crippen MR) is 38.4 cm³/mol. The van der Waals surface area contributed by atoms with Gasteiger partial charge in [-0.1, -0.05) is 12.2 Å². The fraction of sp³-hybridized carbons (Fsp3) is 0.500. The molecule has 0 bridgehead atoms. The Hall–Kier alpha value is -0.870. The van der Waals surface area contributed by atoms with Crippen molar-refractivity contribution in [1.82, 2.24) is 0 Å². The van der Waals surface area contributed by atoms with Gasteiger partial charge in [0.25, 0.3) is 0 Å². The van der Waals surface area contributed by atoms with Gasteiger partial charge in [0.15, 0.2) is 0 Å². The summed E-state index contributed by atoms with van der Waals surface area (Å²) >= 11 is 0. The Labute approximate surface area is 59.5 Å². The maximum Gasteiger partial charge on any atom is 0.320 e. The number of carboxylic acid groups (broad SMARTS) is 1. The highest BCUT2D eigenvalue weighted by Gasteiger charge is 2.07. The minimum Gasteiger partial charge on any atom is -0.480 e. The second kappa shape index (κ2) is 4.96. The molecule has 0 aliphatic heterocycles. The first-order chi connectivity index (χ1) is 4.68. The summed E-state index contributed by atoms with van der Waals surface area (Å²) in [6.45, 7) is 0.423. The van der Waals surface area contributed by atoms with Crippen LogP contribution < -0.4 is 11.5 Å². The standard InChI is InChI=1S/C6H12N2O2/c7-4-2-1-3-5(8)6(9)10/h1-2,5H,3-4,7-8H2,(H,9,10)/b2-1+/t5-/m1/s1. The second-order valence-electron chi connectivity index (χ2n) is 1.89. The molecule has 1 atom stereocenters. The third kappa shape index (κ3) is 4.05. The third-order valence-electron chi connectivity index (χ3n) is 1.01. The van der Waals surface area contributed by atoms with E-state index in [2.05, 4.69) is 0 Å². The number of carbonyl (C=O) groups is 1. The predicted octanol–water partition coefficient (Wildman–Crippen LogP) is -0.697. The van der Waals surface area contributed by atoms with Gasteiger partial charge in [0.05, 0.1) is 0 Å². The maximum atomic E-state index is 10.1. The Balaban J connectivity index is 3.48. The molecule has 0 aliphatic carbocycles. The maximum absolute atomic E-state index is 10.1. The molecule has 0 unspecified atom stereocenters. The van der Waals surface area contributed by atoms with E-state index in [9.17, 15) is 4.79 Å². The van der Waals surface area contributed by atoms with Crippen LogP contribution in [-0.2, 0) is 4.79 Å². The van der Waals surface area contributed by atoms with Crippen molar-refractivity contribution in [2.45, 2.75) is 12.5 Å². The molecule has 0 aromatic rings. The van der Waals surface area contributed by atoms with E-state index in [0.717, 1.165) is 0 Å². The van der Waals surface area contributed by atoms with Gasteiger partial charge in [0.1, 0.15) is 6.04 Å². The lowest BCUT2D eigenvalue weighted by molar-refractivity contribution is -0.138. The van der Waals surface area contributed by atoms with Crippen LogP contribution in [0, 0.1) is 0 Å². The van der Waals surface area contributed by atoms with Crippen LogP contribution in [0.5, 0.6) is 0 Å². The molecular formula is C6H12N2O2. The number of hydrogen-bond acceptors (Lipinski definition) is 3. The van der Waals surface area contributed by atoms with Crippen LogP contribution in [0.15, 0.2) is 12.2 Å². The van der Waals surface area contributed by atoms with Crippen LogP contribution in [0.2, 0.25) is 0 Å². The van der Waals surface area contributed by atoms with Crippen LogP contribution in [-0.4, -0.2) is 23.7 Å². The zero-order chi connectivity index (χ0) is 7.98. The first kappa shape index (κ1) is 9.13. The van der Waals surface area contributed by atoms with Gasteiger partial charge in [-0.05, 0) is 6.42 Å². The SMILES string of the molecule is NC/C=C/C[C@@H](N)C(=O)O. The zero-order valence-electron chi connectivity index (χ0n) is 5.66. The highest BCUT2D eigenvalue weighted by molar-refractivity contribution is 5.73. The summed E-state index contributed by atoms with van der Waals surface area (Å²) in [7, 11) is 0. The van der Waals surface area contributed by atoms with Gasteiger partial charge < -0.3 is 16.6 Å². The van der Waals surface area contributed by atoms with Crippen molar-refractivity contribution in [2.24, 2.45) is 11.5 Å². The normalized spacial score (nSPS) is 13.8. The molecule has 10 heavy (non-hydrogen) atoms. The number of hydrogen-bond donors (Lipinski definition) is 3. The molecule has 0 amide bonds. The molecule has 0 radical (unpaired) electrons. The van der Waals surface area contributed by atoms with Crippen LogP contribution in [0.1, 0.15) is 6.42 Å². The molecule has 0 aromatic carbocycles. The zero-order valence-corrected chi connectivity index (χ0v) is 5.66. The molecular weight excluding hydrogens is 132 g/mol. The molecule has 0 heterocycles. The third-order valence-corrected chi connectivity index (χ3v) is 1.01. The van der Waals surface area contributed by atoms with Crippen LogP contribution in [0.4, 0.5) is 0 Å². The van der Waals surface area contributed by atoms with Gasteiger partial charge in [-0.3, -0.25) is 4.79 Å². The van der Waals surface area contributed by atoms with Crippen molar-refractivity contribution in [1.29, 1.82) is 0 Å². The van der Waals surface area contributed by atoms with Gasteiger partial charge >= 0.3 is 5.97 Å². The fourth-order valence-electron chi connectivity index (χ4n) is 0.440. The highest BCUT2D eigenvalue weighted by Crippen LogP contribution is 1.88. The lowest BCUT2D eigenvalue weighted by Crippen LogP contribution is -2.29. The van der Waals surface area contributed by atoms with Crippen molar-refractivity contribution >= 4 is 5.97 Å². The number of aliphatic carboxylic acids is 1. The summed E-state index contributed by atoms with van der Waals surface area (Å²) in [5, 5.41) is 8.29. The van der Waals surface area contributed by atoms with Crippen molar-refractivity contribution < 1.29 is 9.90 Å². The lowest BCUT2D eigenvalue weighted by atomic mass is 10.2. The molecule has 5 N–H and O–H groups in total. The summed E-state index contributed by atoms with van der Waals surface area (Å²) in [5.74, 6) is -0.985. The average molecular weight is 144 g/mol. The summed E-state index contributed by atoms with van der Waals surface area (Å²) in [4.78, 5) is 10.1. The van der Waals surface area contributed by atoms with E-state index in [4.69, 9.17) is 16.6 Å². The van der Waals surface area contributed by atoms with Crippen LogP contribution in [0.3, 0.4) is 0 Å². The Morgan fingerprint density at radius 2 is 2.20 bits per heavy atom. The van der Waals surface area contributed by atoms with E-state index in [-0.39, 0.29) is 0 Å². The van der Waals surface area contributed by atoms with Gasteiger partial charge in [-0.15, -0.1) is 0 Å². The Morgan fingerprint density at radius 1 is 1.60 bits per heavy atom. The fourth-order valence-corrected chi connectivity index (χ4v) is 0.440. The van der Waals surface area contributed by atoms with Gasteiger partial charge in [-0.2, -0.15) is 0 Å². The van der Waals surface area contributed by atoms with Crippen molar-refractivity contribution in [3.05, 3.63) is 12.2 Å². The van der Waals surface area contributed by atoms with E-state index in [1.54, 1.807) is 12.2 Å². The molecule has 0 saturated heterocycles. The first-order valence-electron chi connectivity index (χ1n) is 3.02. The Bertz CT molecular complexity index is 134. The first-order valence-corrected chi connectivity index (χ1v) is 3.02. The van der Waals surface area contributed by atoms with E-state index in [1.807, 2.05) is 0 Å². The molecule has 0 aromatic heterocycles. The molecule has 4 heteroatoms. The van der Waals surface area contributed by atoms with Crippen molar-refractivity contribution in [3.63, 3.8) is 0 Å². The smallest absolute Gasteiger partial charge is 0.320 e. The van der Waals surface area contributed by atoms with Crippen molar-refractivity contribution in [3.8, 4) is 0 Å². The summed E-state index contributed by atoms with van der Waals surface area (Å²) in [6.07, 6.45) is 3.69. The lowest BCUT2D eigenvalue weighted by Gasteiger charge is -1.99. The second-order valence-corrected chi connectivity index (χ2v) is 1.89. The van der Waals surface area contributed by atoms with Crippen LogP contribution in [0.25, 0.3) is 0 Å². The number of nitrogens with two attached hydrogens (primary N) is 2. The molecule has 0 rings (SSSR count). The van der Waals surface area contributed by atoms with E-state index >= 15 is 0 Å². The van der Waals surface area contributed by atoms with Crippen molar-refractivity contribution in [2.75, 3.05) is 6.54 Å². The monoisotopic (exact) mass is 144 g/mol. The Kier molecular flexibility index (Phi) is 4.53. The molecule has 0 spiro atoms. The number of rotatable bonds is 4. The van der Waals surface area contributed by atoms with E-state index < -0.39 is 12.0 Å². The van der Waals surface area contributed by atoms with Crippen LogP contribution >= 0.6 is 0 Å². The number of carboxylic acids is 1. The summed E-state index contributed by atoms with van der Waals surface area (Å²) < 4.78 is 0. The topological polar surface area (TPSA) is 89.3 Å². The minimum absolute atomic E-state index is 0.340. The van der Waals surface area contributed by atoms with E-state index in [0.29, 0.717) is 13.0 Å². The summed E-state index contributed by atoms with van der Waals surface area (Å²) in [6, 6.07) is -0.803. The Morgan fingerprint density at radius 3 is 2.60 bits per heavy atom. The largest absolute Gasteiger partial charge is 0.480 e. The molecule has 0 saturated carbocycles. The molecule has 0 aliphatic rings. The van der Waals surface area contributed by atoms with Gasteiger partial charge in [0.2, 0.25) is 0 Å². The molecule has 58 valence electrons. The van der Waals surface area contributed by atoms with Gasteiger partial charge in [0, 0.05) is 6.54 Å². The summed E-state index contributed by atoms with van der Waals surface area (Å²) in [5.41, 5.74) is 10.3. The quantitative estimate of drug-likeness (QED) is 0.455. The average Bonchev–Trinajstić information content (AvgIpc) is 1.88.